The average molecular weight is 390 g/mol. The van der Waals surface area contributed by atoms with E-state index in [1.54, 1.807) is 7.11 Å². The summed E-state index contributed by atoms with van der Waals surface area (Å²) in [7, 11) is 1.67. The van der Waals surface area contributed by atoms with Crippen LogP contribution >= 0.6 is 0 Å². The second-order valence-corrected chi connectivity index (χ2v) is 7.57. The molecule has 6 heteroatoms. The summed E-state index contributed by atoms with van der Waals surface area (Å²) in [4.78, 5) is 21.3. The van der Waals surface area contributed by atoms with Crippen LogP contribution in [0.15, 0.2) is 54.6 Å². The third-order valence-electron chi connectivity index (χ3n) is 5.22. The van der Waals surface area contributed by atoms with Crippen LogP contribution in [0.5, 0.6) is 0 Å². The number of ether oxygens (including phenoxy) is 1. The van der Waals surface area contributed by atoms with Gasteiger partial charge in [0, 0.05) is 24.6 Å². The lowest BCUT2D eigenvalue weighted by molar-refractivity contribution is 0.0912. The van der Waals surface area contributed by atoms with Gasteiger partial charge in [-0.05, 0) is 30.2 Å². The standard InChI is InChI=1S/C23H26N4O2/c1-15(2)21(22-24-17-9-5-6-10-18(17)25-22)26-23(28)20-14-16-8-4-7-11-19(16)27(20)12-13-29-3/h4-11,14-15,21H,12-13H2,1-3H3,(H,24,25)(H,26,28)/t21-/m1/s1. The van der Waals surface area contributed by atoms with Gasteiger partial charge in [-0.1, -0.05) is 44.2 Å². The first-order valence-corrected chi connectivity index (χ1v) is 9.91. The molecule has 0 aliphatic heterocycles. The summed E-state index contributed by atoms with van der Waals surface area (Å²) in [5, 5.41) is 4.23. The Kier molecular flexibility index (Phi) is 5.36. The maximum Gasteiger partial charge on any atom is 0.268 e. The molecule has 2 heterocycles. The molecular formula is C23H26N4O2. The molecule has 1 amide bonds. The molecule has 29 heavy (non-hydrogen) atoms. The molecule has 2 N–H and O–H groups in total. The first-order chi connectivity index (χ1) is 14.1. The zero-order valence-corrected chi connectivity index (χ0v) is 17.0. The minimum atomic E-state index is -0.219. The molecule has 0 unspecified atom stereocenters. The number of aromatic nitrogens is 3. The molecule has 6 nitrogen and oxygen atoms in total. The monoisotopic (exact) mass is 390 g/mol. The summed E-state index contributed by atoms with van der Waals surface area (Å²) >= 11 is 0. The van der Waals surface area contributed by atoms with Gasteiger partial charge in [0.25, 0.3) is 5.91 Å². The van der Waals surface area contributed by atoms with Crippen molar-refractivity contribution < 1.29 is 9.53 Å². The lowest BCUT2D eigenvalue weighted by atomic mass is 10.0. The highest BCUT2D eigenvalue weighted by molar-refractivity contribution is 5.99. The first-order valence-electron chi connectivity index (χ1n) is 9.91. The fourth-order valence-corrected chi connectivity index (χ4v) is 3.71. The summed E-state index contributed by atoms with van der Waals surface area (Å²) in [5.74, 6) is 0.835. The minimum absolute atomic E-state index is 0.114. The SMILES string of the molecule is COCCn1c(C(=O)N[C@@H](c2nc3ccccc3[nH]2)C(C)C)cc2ccccc21. The van der Waals surface area contributed by atoms with E-state index in [-0.39, 0.29) is 17.9 Å². The molecule has 150 valence electrons. The van der Waals surface area contributed by atoms with E-state index < -0.39 is 0 Å². The third-order valence-corrected chi connectivity index (χ3v) is 5.22. The van der Waals surface area contributed by atoms with E-state index in [4.69, 9.17) is 9.72 Å². The van der Waals surface area contributed by atoms with Crippen LogP contribution in [0, 0.1) is 5.92 Å². The lowest BCUT2D eigenvalue weighted by Gasteiger charge is -2.21. The van der Waals surface area contributed by atoms with Crippen molar-refractivity contribution >= 4 is 27.8 Å². The van der Waals surface area contributed by atoms with Gasteiger partial charge in [0.05, 0.1) is 23.7 Å². The predicted octanol–water partition coefficient (Wildman–Crippen LogP) is 4.29. The second-order valence-electron chi connectivity index (χ2n) is 7.57. The first kappa shape index (κ1) is 19.2. The van der Waals surface area contributed by atoms with E-state index in [1.807, 2.05) is 59.2 Å². The van der Waals surface area contributed by atoms with Gasteiger partial charge in [0.2, 0.25) is 0 Å². The van der Waals surface area contributed by atoms with Crippen LogP contribution in [0.3, 0.4) is 0 Å². The number of carbonyl (C=O) groups excluding carboxylic acids is 1. The summed E-state index contributed by atoms with van der Waals surface area (Å²) in [6.07, 6.45) is 0. The van der Waals surface area contributed by atoms with E-state index >= 15 is 0 Å². The summed E-state index contributed by atoms with van der Waals surface area (Å²) in [6.45, 7) is 5.32. The number of aromatic amines is 1. The minimum Gasteiger partial charge on any atom is -0.383 e. The van der Waals surface area contributed by atoms with Crippen LogP contribution in [0.4, 0.5) is 0 Å². The van der Waals surface area contributed by atoms with Gasteiger partial charge in [-0.3, -0.25) is 4.79 Å². The fraction of sp³-hybridized carbons (Fsp3) is 0.304. The number of carbonyl (C=O) groups is 1. The number of nitrogens with one attached hydrogen (secondary N) is 2. The Hall–Kier alpha value is -3.12. The summed E-state index contributed by atoms with van der Waals surface area (Å²) in [6, 6.07) is 17.6. The third kappa shape index (κ3) is 3.76. The van der Waals surface area contributed by atoms with Crippen LogP contribution in [0.25, 0.3) is 21.9 Å². The number of hydrogen-bond acceptors (Lipinski definition) is 3. The van der Waals surface area contributed by atoms with Crippen LogP contribution in [0.2, 0.25) is 0 Å². The quantitative estimate of drug-likeness (QED) is 0.494. The second kappa shape index (κ2) is 8.09. The van der Waals surface area contributed by atoms with Crippen LogP contribution in [0.1, 0.15) is 36.2 Å². The molecule has 4 aromatic rings. The molecule has 1 atom stereocenters. The topological polar surface area (TPSA) is 71.9 Å². The van der Waals surface area contributed by atoms with Crippen molar-refractivity contribution in [2.75, 3.05) is 13.7 Å². The molecule has 0 fully saturated rings. The van der Waals surface area contributed by atoms with Gasteiger partial charge >= 0.3 is 0 Å². The molecule has 0 saturated heterocycles. The van der Waals surface area contributed by atoms with Gasteiger partial charge in [-0.25, -0.2) is 4.98 Å². The highest BCUT2D eigenvalue weighted by atomic mass is 16.5. The van der Waals surface area contributed by atoms with Gasteiger partial charge < -0.3 is 19.6 Å². The molecular weight excluding hydrogens is 364 g/mol. The van der Waals surface area contributed by atoms with Crippen molar-refractivity contribution in [2.45, 2.75) is 26.4 Å². The van der Waals surface area contributed by atoms with Crippen LogP contribution in [-0.4, -0.2) is 34.2 Å². The predicted molar refractivity (Wildman–Crippen MR) is 115 cm³/mol. The largest absolute Gasteiger partial charge is 0.383 e. The smallest absolute Gasteiger partial charge is 0.268 e. The Morgan fingerprint density at radius 3 is 2.69 bits per heavy atom. The molecule has 2 aromatic carbocycles. The Labute approximate surface area is 169 Å². The van der Waals surface area contributed by atoms with Crippen molar-refractivity contribution in [3.63, 3.8) is 0 Å². The Balaban J connectivity index is 1.67. The highest BCUT2D eigenvalue weighted by Gasteiger charge is 2.24. The van der Waals surface area contributed by atoms with E-state index in [0.717, 1.165) is 27.8 Å². The van der Waals surface area contributed by atoms with E-state index in [9.17, 15) is 4.79 Å². The summed E-state index contributed by atoms with van der Waals surface area (Å²) in [5.41, 5.74) is 3.53. The lowest BCUT2D eigenvalue weighted by Crippen LogP contribution is -2.34. The number of para-hydroxylation sites is 3. The fourth-order valence-electron chi connectivity index (χ4n) is 3.71. The molecule has 0 aliphatic carbocycles. The van der Waals surface area contributed by atoms with Gasteiger partial charge in [0.15, 0.2) is 0 Å². The van der Waals surface area contributed by atoms with Crippen molar-refractivity contribution in [2.24, 2.45) is 5.92 Å². The van der Waals surface area contributed by atoms with Crippen LogP contribution < -0.4 is 5.32 Å². The number of nitrogens with zero attached hydrogens (tertiary/aromatic N) is 2. The number of hydrogen-bond donors (Lipinski definition) is 2. The van der Waals surface area contributed by atoms with E-state index in [2.05, 4.69) is 24.1 Å². The maximum absolute atomic E-state index is 13.3. The molecule has 0 spiro atoms. The van der Waals surface area contributed by atoms with Crippen molar-refractivity contribution in [1.82, 2.24) is 19.9 Å². The molecule has 2 aromatic heterocycles. The number of methoxy groups -OCH3 is 1. The van der Waals surface area contributed by atoms with Gasteiger partial charge in [-0.15, -0.1) is 0 Å². The molecule has 0 saturated carbocycles. The Morgan fingerprint density at radius 2 is 1.93 bits per heavy atom. The number of H-pyrrole nitrogens is 1. The van der Waals surface area contributed by atoms with Crippen molar-refractivity contribution in [3.8, 4) is 0 Å². The zero-order chi connectivity index (χ0) is 20.4. The number of amides is 1. The molecule has 0 bridgehead atoms. The Morgan fingerprint density at radius 1 is 1.17 bits per heavy atom. The number of fused-ring (bicyclic) bond motifs is 2. The van der Waals surface area contributed by atoms with Crippen molar-refractivity contribution in [1.29, 1.82) is 0 Å². The Bertz CT molecular complexity index is 1110. The molecule has 0 aliphatic rings. The number of benzene rings is 2. The zero-order valence-electron chi connectivity index (χ0n) is 17.0. The summed E-state index contributed by atoms with van der Waals surface area (Å²) < 4.78 is 7.27. The van der Waals surface area contributed by atoms with Gasteiger partial charge in [-0.2, -0.15) is 0 Å². The normalized spacial score (nSPS) is 12.7. The molecule has 4 rings (SSSR count). The number of imidazole rings is 1. The van der Waals surface area contributed by atoms with E-state index in [0.29, 0.717) is 18.8 Å². The van der Waals surface area contributed by atoms with Gasteiger partial charge in [0.1, 0.15) is 11.5 Å². The number of rotatable bonds is 7. The van der Waals surface area contributed by atoms with Crippen molar-refractivity contribution in [3.05, 3.63) is 66.1 Å². The average Bonchev–Trinajstić information content (AvgIpc) is 3.31. The van der Waals surface area contributed by atoms with E-state index in [1.165, 1.54) is 0 Å². The maximum atomic E-state index is 13.3. The van der Waals surface area contributed by atoms with Crippen LogP contribution in [-0.2, 0) is 11.3 Å². The highest BCUT2D eigenvalue weighted by Crippen LogP contribution is 2.24. The molecule has 0 radical (unpaired) electrons.